The lowest BCUT2D eigenvalue weighted by Gasteiger charge is -2.00. The quantitative estimate of drug-likeness (QED) is 0.533. The first kappa shape index (κ1) is 6.47. The van der Waals surface area contributed by atoms with Crippen molar-refractivity contribution in [2.45, 2.75) is 12.8 Å². The highest BCUT2D eigenvalue weighted by atomic mass is 16.3. The molecule has 2 rings (SSSR count). The van der Waals surface area contributed by atoms with Gasteiger partial charge in [-0.15, -0.1) is 0 Å². The first-order valence-electron chi connectivity index (χ1n) is 3.75. The Kier molecular flexibility index (Phi) is 1.25. The van der Waals surface area contributed by atoms with Gasteiger partial charge in [0.15, 0.2) is 0 Å². The first-order chi connectivity index (χ1) is 5.29. The van der Waals surface area contributed by atoms with E-state index in [9.17, 15) is 0 Å². The van der Waals surface area contributed by atoms with Gasteiger partial charge in [0.1, 0.15) is 11.2 Å². The molecule has 0 spiro atoms. The van der Waals surface area contributed by atoms with Crippen LogP contribution in [0.3, 0.4) is 0 Å². The molecule has 0 fully saturated rings. The molecule has 56 valence electrons. The SMILES string of the molecule is C=c1oc2c(c1=C)C=CCC2. The van der Waals surface area contributed by atoms with E-state index in [1.165, 1.54) is 0 Å². The van der Waals surface area contributed by atoms with Crippen LogP contribution in [0.2, 0.25) is 0 Å². The molecule has 1 aliphatic carbocycles. The van der Waals surface area contributed by atoms with Crippen LogP contribution < -0.4 is 10.6 Å². The van der Waals surface area contributed by atoms with Crippen LogP contribution in [0.15, 0.2) is 10.5 Å². The maximum absolute atomic E-state index is 5.41. The molecule has 1 heterocycles. The molecule has 1 heteroatoms. The molecule has 0 radical (unpaired) electrons. The van der Waals surface area contributed by atoms with Gasteiger partial charge < -0.3 is 4.42 Å². The van der Waals surface area contributed by atoms with E-state index in [1.807, 2.05) is 0 Å². The van der Waals surface area contributed by atoms with E-state index in [0.717, 1.165) is 29.4 Å². The van der Waals surface area contributed by atoms with Crippen LogP contribution >= 0.6 is 0 Å². The van der Waals surface area contributed by atoms with Gasteiger partial charge in [0.05, 0.1) is 0 Å². The predicted molar refractivity (Wildman–Crippen MR) is 46.4 cm³/mol. The van der Waals surface area contributed by atoms with Crippen LogP contribution in [0, 0.1) is 0 Å². The fourth-order valence-corrected chi connectivity index (χ4v) is 1.38. The minimum absolute atomic E-state index is 0.710. The summed E-state index contributed by atoms with van der Waals surface area (Å²) >= 11 is 0. The van der Waals surface area contributed by atoms with Gasteiger partial charge in [0.25, 0.3) is 0 Å². The van der Waals surface area contributed by atoms with E-state index in [4.69, 9.17) is 4.42 Å². The summed E-state index contributed by atoms with van der Waals surface area (Å²) in [4.78, 5) is 0. The third-order valence-corrected chi connectivity index (χ3v) is 2.03. The predicted octanol–water partition coefficient (Wildman–Crippen LogP) is 1.06. The van der Waals surface area contributed by atoms with E-state index in [-0.39, 0.29) is 0 Å². The second-order valence-electron chi connectivity index (χ2n) is 2.78. The Morgan fingerprint density at radius 2 is 2.18 bits per heavy atom. The number of hydrogen-bond donors (Lipinski definition) is 0. The van der Waals surface area contributed by atoms with Crippen molar-refractivity contribution in [3.05, 3.63) is 28.0 Å². The van der Waals surface area contributed by atoms with E-state index in [0.29, 0.717) is 5.42 Å². The van der Waals surface area contributed by atoms with E-state index < -0.39 is 0 Å². The van der Waals surface area contributed by atoms with Gasteiger partial charge in [-0.05, 0) is 6.42 Å². The monoisotopic (exact) mass is 146 g/mol. The molecule has 0 atom stereocenters. The van der Waals surface area contributed by atoms with Gasteiger partial charge in [-0.3, -0.25) is 0 Å². The van der Waals surface area contributed by atoms with E-state index in [1.54, 1.807) is 0 Å². The van der Waals surface area contributed by atoms with Crippen molar-refractivity contribution < 1.29 is 4.42 Å². The Morgan fingerprint density at radius 1 is 1.36 bits per heavy atom. The maximum atomic E-state index is 5.41. The van der Waals surface area contributed by atoms with Crippen molar-refractivity contribution in [3.63, 3.8) is 0 Å². The summed E-state index contributed by atoms with van der Waals surface area (Å²) in [7, 11) is 0. The molecular formula is C10H10O. The summed E-state index contributed by atoms with van der Waals surface area (Å²) in [6, 6.07) is 0. The van der Waals surface area contributed by atoms with E-state index in [2.05, 4.69) is 25.3 Å². The lowest BCUT2D eigenvalue weighted by molar-refractivity contribution is 0.480. The summed E-state index contributed by atoms with van der Waals surface area (Å²) < 4.78 is 5.41. The minimum Gasteiger partial charge on any atom is -0.461 e. The molecule has 1 aliphatic rings. The lowest BCUT2D eigenvalue weighted by Crippen LogP contribution is -2.17. The smallest absolute Gasteiger partial charge is 0.127 e. The second kappa shape index (κ2) is 2.12. The Labute approximate surface area is 65.3 Å². The summed E-state index contributed by atoms with van der Waals surface area (Å²) in [5, 5.41) is 0.941. The second-order valence-corrected chi connectivity index (χ2v) is 2.78. The molecule has 11 heavy (non-hydrogen) atoms. The van der Waals surface area contributed by atoms with Crippen LogP contribution in [-0.2, 0) is 6.42 Å². The highest BCUT2D eigenvalue weighted by Gasteiger charge is 2.08. The largest absolute Gasteiger partial charge is 0.461 e. The number of allylic oxidation sites excluding steroid dienone is 1. The van der Waals surface area contributed by atoms with E-state index >= 15 is 0 Å². The van der Waals surface area contributed by atoms with Crippen molar-refractivity contribution >= 4 is 19.2 Å². The molecule has 0 saturated carbocycles. The first-order valence-corrected chi connectivity index (χ1v) is 3.75. The molecule has 1 aromatic heterocycles. The summed E-state index contributed by atoms with van der Waals surface area (Å²) in [5.41, 5.74) is 1.85. The fourth-order valence-electron chi connectivity index (χ4n) is 1.38. The zero-order valence-electron chi connectivity index (χ0n) is 6.39. The van der Waals surface area contributed by atoms with Crippen molar-refractivity contribution in [1.82, 2.24) is 0 Å². The normalized spacial score (nSPS) is 14.9. The fraction of sp³-hybridized carbons (Fsp3) is 0.200. The highest BCUT2D eigenvalue weighted by Crippen LogP contribution is 2.13. The Balaban J connectivity index is 2.81. The van der Waals surface area contributed by atoms with Gasteiger partial charge in [-0.1, -0.05) is 25.3 Å². The van der Waals surface area contributed by atoms with Crippen molar-refractivity contribution in [1.29, 1.82) is 0 Å². The molecule has 1 nitrogen and oxygen atoms in total. The zero-order valence-corrected chi connectivity index (χ0v) is 6.39. The standard InChI is InChI=1S/C10H10O/c1-7-8(2)11-10-6-4-3-5-9(7)10/h3,5H,1-2,4,6H2. The number of rotatable bonds is 0. The molecule has 0 saturated heterocycles. The topological polar surface area (TPSA) is 13.1 Å². The van der Waals surface area contributed by atoms with Gasteiger partial charge in [-0.2, -0.15) is 0 Å². The van der Waals surface area contributed by atoms with Crippen LogP contribution in [0.4, 0.5) is 0 Å². The number of hydrogen-bond acceptors (Lipinski definition) is 1. The number of aryl methyl sites for hydroxylation is 1. The zero-order chi connectivity index (χ0) is 7.84. The average molecular weight is 146 g/mol. The Morgan fingerprint density at radius 3 is 2.91 bits per heavy atom. The maximum Gasteiger partial charge on any atom is 0.127 e. The molecular weight excluding hydrogens is 136 g/mol. The van der Waals surface area contributed by atoms with Gasteiger partial charge in [0, 0.05) is 17.2 Å². The molecule has 0 N–H and O–H groups in total. The molecule has 0 amide bonds. The van der Waals surface area contributed by atoms with Crippen LogP contribution in [0.1, 0.15) is 17.7 Å². The summed E-state index contributed by atoms with van der Waals surface area (Å²) in [5.74, 6) is 1.04. The number of furan rings is 1. The van der Waals surface area contributed by atoms with Gasteiger partial charge in [0.2, 0.25) is 0 Å². The molecule has 1 aromatic rings. The van der Waals surface area contributed by atoms with Crippen molar-refractivity contribution in [3.8, 4) is 0 Å². The average Bonchev–Trinajstić information content (AvgIpc) is 2.30. The third kappa shape index (κ3) is 0.845. The summed E-state index contributed by atoms with van der Waals surface area (Å²) in [6.07, 6.45) is 6.27. The van der Waals surface area contributed by atoms with Crippen molar-refractivity contribution in [2.24, 2.45) is 0 Å². The van der Waals surface area contributed by atoms with Gasteiger partial charge >= 0.3 is 0 Å². The third-order valence-electron chi connectivity index (χ3n) is 2.03. The van der Waals surface area contributed by atoms with Crippen LogP contribution in [-0.4, -0.2) is 0 Å². The van der Waals surface area contributed by atoms with Gasteiger partial charge in [-0.25, -0.2) is 0 Å². The Bertz CT molecular complexity index is 395. The minimum atomic E-state index is 0.710. The van der Waals surface area contributed by atoms with Crippen LogP contribution in [0.5, 0.6) is 0 Å². The highest BCUT2D eigenvalue weighted by molar-refractivity contribution is 5.54. The van der Waals surface area contributed by atoms with Crippen molar-refractivity contribution in [2.75, 3.05) is 0 Å². The molecule has 0 aliphatic heterocycles. The lowest BCUT2D eigenvalue weighted by atomic mass is 10.1. The summed E-state index contributed by atoms with van der Waals surface area (Å²) in [6.45, 7) is 7.65. The molecule has 0 bridgehead atoms. The molecule has 0 unspecified atom stereocenters. The van der Waals surface area contributed by atoms with Crippen LogP contribution in [0.25, 0.3) is 19.2 Å². The number of fused-ring (bicyclic) bond motifs is 1. The molecule has 0 aromatic carbocycles. The Hall–Kier alpha value is -1.24.